The van der Waals surface area contributed by atoms with Gasteiger partial charge in [-0.1, -0.05) is 30.3 Å². The summed E-state index contributed by atoms with van der Waals surface area (Å²) in [6.45, 7) is 0.394. The molecule has 2 aromatic rings. The van der Waals surface area contributed by atoms with E-state index in [0.717, 1.165) is 12.1 Å². The van der Waals surface area contributed by atoms with E-state index in [4.69, 9.17) is 0 Å². The maximum atomic E-state index is 12.9. The van der Waals surface area contributed by atoms with Crippen LogP contribution in [0, 0.1) is 5.92 Å². The number of benzene rings is 2. The van der Waals surface area contributed by atoms with Crippen LogP contribution in [0.15, 0.2) is 48.5 Å². The van der Waals surface area contributed by atoms with Crippen molar-refractivity contribution in [3.05, 3.63) is 65.2 Å². The molecule has 3 nitrogen and oxygen atoms in total. The summed E-state index contributed by atoms with van der Waals surface area (Å²) in [5.41, 5.74) is 0.0763. The predicted molar refractivity (Wildman–Crippen MR) is 89.6 cm³/mol. The number of halogens is 3. The van der Waals surface area contributed by atoms with Crippen LogP contribution in [0.5, 0.6) is 5.75 Å². The Morgan fingerprint density at radius 3 is 2.40 bits per heavy atom. The van der Waals surface area contributed by atoms with Crippen molar-refractivity contribution in [2.24, 2.45) is 5.92 Å². The second-order valence-electron chi connectivity index (χ2n) is 6.28. The highest BCUT2D eigenvalue weighted by molar-refractivity contribution is 5.98. The number of phenolic OH excluding ortho intramolecular Hbond substituents is 1. The summed E-state index contributed by atoms with van der Waals surface area (Å²) in [5.74, 6) is -0.740. The number of rotatable bonds is 6. The van der Waals surface area contributed by atoms with E-state index in [-0.39, 0.29) is 18.0 Å². The fourth-order valence-electron chi connectivity index (χ4n) is 2.73. The lowest BCUT2D eigenvalue weighted by molar-refractivity contribution is -0.137. The van der Waals surface area contributed by atoms with Crippen molar-refractivity contribution in [3.8, 4) is 5.75 Å². The van der Waals surface area contributed by atoms with Crippen LogP contribution in [0.1, 0.15) is 21.5 Å². The minimum atomic E-state index is -4.41. The molecule has 2 rings (SSSR count). The lowest BCUT2D eigenvalue weighted by atomic mass is 9.90. The van der Waals surface area contributed by atoms with E-state index < -0.39 is 17.7 Å². The fourth-order valence-corrected chi connectivity index (χ4v) is 2.73. The van der Waals surface area contributed by atoms with Gasteiger partial charge in [-0.25, -0.2) is 0 Å². The maximum Gasteiger partial charge on any atom is 0.416 e. The van der Waals surface area contributed by atoms with Gasteiger partial charge in [0.05, 0.1) is 5.56 Å². The Morgan fingerprint density at radius 1 is 1.12 bits per heavy atom. The third-order valence-electron chi connectivity index (χ3n) is 3.82. The molecule has 134 valence electrons. The van der Waals surface area contributed by atoms with Gasteiger partial charge in [0.15, 0.2) is 5.78 Å². The maximum absolute atomic E-state index is 12.9. The van der Waals surface area contributed by atoms with Crippen molar-refractivity contribution in [3.63, 3.8) is 0 Å². The number of nitrogens with zero attached hydrogens (tertiary/aromatic N) is 1. The van der Waals surface area contributed by atoms with Gasteiger partial charge in [-0.2, -0.15) is 13.2 Å². The van der Waals surface area contributed by atoms with Gasteiger partial charge in [-0.15, -0.1) is 0 Å². The molecule has 0 amide bonds. The molecule has 0 aliphatic rings. The third-order valence-corrected chi connectivity index (χ3v) is 3.82. The molecular weight excluding hydrogens is 331 g/mol. The topological polar surface area (TPSA) is 40.5 Å². The first-order valence-corrected chi connectivity index (χ1v) is 7.81. The number of hydrogen-bond donors (Lipinski definition) is 1. The second kappa shape index (κ2) is 7.70. The number of phenols is 1. The fraction of sp³-hybridized carbons (Fsp3) is 0.316. The average Bonchev–Trinajstić information content (AvgIpc) is 2.52. The zero-order chi connectivity index (χ0) is 18.6. The molecule has 0 saturated carbocycles. The Labute approximate surface area is 144 Å². The molecule has 25 heavy (non-hydrogen) atoms. The van der Waals surface area contributed by atoms with Gasteiger partial charge in [0, 0.05) is 18.0 Å². The number of hydrogen-bond acceptors (Lipinski definition) is 3. The van der Waals surface area contributed by atoms with Crippen molar-refractivity contribution >= 4 is 5.78 Å². The molecule has 6 heteroatoms. The highest BCUT2D eigenvalue weighted by Crippen LogP contribution is 2.30. The number of Topliss-reactive ketones (excluding diaryl/α,β-unsaturated/α-hetero) is 1. The number of ketones is 1. The number of alkyl halides is 3. The van der Waals surface area contributed by atoms with E-state index in [1.807, 2.05) is 4.90 Å². The highest BCUT2D eigenvalue weighted by atomic mass is 19.4. The van der Waals surface area contributed by atoms with Gasteiger partial charge in [-0.05, 0) is 44.3 Å². The smallest absolute Gasteiger partial charge is 0.416 e. The minimum absolute atomic E-state index is 0.0199. The Balaban J connectivity index is 2.28. The van der Waals surface area contributed by atoms with Gasteiger partial charge < -0.3 is 10.0 Å². The quantitative estimate of drug-likeness (QED) is 0.800. The molecule has 0 saturated heterocycles. The monoisotopic (exact) mass is 351 g/mol. The van der Waals surface area contributed by atoms with E-state index in [1.54, 1.807) is 32.3 Å². The largest absolute Gasteiger partial charge is 0.508 e. The first-order chi connectivity index (χ1) is 11.7. The molecule has 0 heterocycles. The van der Waals surface area contributed by atoms with Crippen molar-refractivity contribution < 1.29 is 23.1 Å². The molecule has 0 aliphatic heterocycles. The molecule has 0 spiro atoms. The lowest BCUT2D eigenvalue weighted by Gasteiger charge is -2.21. The van der Waals surface area contributed by atoms with Crippen molar-refractivity contribution in [1.82, 2.24) is 4.90 Å². The zero-order valence-corrected chi connectivity index (χ0v) is 14.0. The molecule has 0 fully saturated rings. The zero-order valence-electron chi connectivity index (χ0n) is 14.0. The Bertz CT molecular complexity index is 741. The van der Waals surface area contributed by atoms with Crippen LogP contribution >= 0.6 is 0 Å². The van der Waals surface area contributed by atoms with Crippen LogP contribution in [0.3, 0.4) is 0 Å². The summed E-state index contributed by atoms with van der Waals surface area (Å²) < 4.78 is 38.6. The number of carbonyl (C=O) groups excluding carboxylic acids is 1. The second-order valence-corrected chi connectivity index (χ2v) is 6.28. The molecule has 1 unspecified atom stereocenters. The summed E-state index contributed by atoms with van der Waals surface area (Å²) in [4.78, 5) is 14.6. The molecule has 1 atom stereocenters. The van der Waals surface area contributed by atoms with Crippen LogP contribution in [0.25, 0.3) is 0 Å². The van der Waals surface area contributed by atoms with Crippen LogP contribution in [0.2, 0.25) is 0 Å². The van der Waals surface area contributed by atoms with E-state index in [1.165, 1.54) is 18.2 Å². The van der Waals surface area contributed by atoms with Crippen LogP contribution < -0.4 is 0 Å². The van der Waals surface area contributed by atoms with Gasteiger partial charge in [0.1, 0.15) is 5.75 Å². The van der Waals surface area contributed by atoms with Crippen molar-refractivity contribution in [2.75, 3.05) is 20.6 Å². The molecular formula is C19H20F3NO2. The van der Waals surface area contributed by atoms with Gasteiger partial charge in [0.2, 0.25) is 0 Å². The molecule has 0 aliphatic carbocycles. The normalized spacial score (nSPS) is 13.0. The van der Waals surface area contributed by atoms with Crippen LogP contribution in [-0.4, -0.2) is 36.4 Å². The summed E-state index contributed by atoms with van der Waals surface area (Å²) in [6.07, 6.45) is -4.22. The molecule has 0 aromatic heterocycles. The predicted octanol–water partition coefficient (Wildman–Crippen LogP) is 4.01. The first-order valence-electron chi connectivity index (χ1n) is 7.81. The summed E-state index contributed by atoms with van der Waals surface area (Å²) in [5, 5.41) is 9.55. The molecule has 1 N–H and O–H groups in total. The van der Waals surface area contributed by atoms with Gasteiger partial charge in [0.25, 0.3) is 0 Å². The molecule has 0 radical (unpaired) electrons. The summed E-state index contributed by atoms with van der Waals surface area (Å²) in [7, 11) is 3.60. The van der Waals surface area contributed by atoms with E-state index in [2.05, 4.69) is 0 Å². The third kappa shape index (κ3) is 5.32. The van der Waals surface area contributed by atoms with Crippen LogP contribution in [0.4, 0.5) is 13.2 Å². The van der Waals surface area contributed by atoms with Crippen LogP contribution in [-0.2, 0) is 12.6 Å². The minimum Gasteiger partial charge on any atom is -0.508 e. The van der Waals surface area contributed by atoms with E-state index in [0.29, 0.717) is 17.7 Å². The molecule has 2 aromatic carbocycles. The van der Waals surface area contributed by atoms with E-state index >= 15 is 0 Å². The molecule has 0 bridgehead atoms. The van der Waals surface area contributed by atoms with Crippen molar-refractivity contribution in [2.45, 2.75) is 12.6 Å². The Morgan fingerprint density at radius 2 is 1.80 bits per heavy atom. The lowest BCUT2D eigenvalue weighted by Crippen LogP contribution is -2.29. The SMILES string of the molecule is CN(C)CC(Cc1cccc(C(F)(F)F)c1)C(=O)c1cccc(O)c1. The van der Waals surface area contributed by atoms with E-state index in [9.17, 15) is 23.1 Å². The van der Waals surface area contributed by atoms with Gasteiger partial charge >= 0.3 is 6.18 Å². The number of carbonyl (C=O) groups is 1. The number of aromatic hydroxyl groups is 1. The standard InChI is InChI=1S/C19H20F3NO2/c1-23(2)12-15(18(25)14-6-4-8-17(24)11-14)9-13-5-3-7-16(10-13)19(20,21)22/h3-8,10-11,15,24H,9,12H2,1-2H3. The van der Waals surface area contributed by atoms with Crippen molar-refractivity contribution in [1.29, 1.82) is 0 Å². The van der Waals surface area contributed by atoms with Gasteiger partial charge in [-0.3, -0.25) is 4.79 Å². The Kier molecular flexibility index (Phi) is 5.85. The average molecular weight is 351 g/mol. The highest BCUT2D eigenvalue weighted by Gasteiger charge is 2.31. The first kappa shape index (κ1) is 19.0. The summed E-state index contributed by atoms with van der Waals surface area (Å²) in [6, 6.07) is 11.0. The Hall–Kier alpha value is -2.34. The summed E-state index contributed by atoms with van der Waals surface area (Å²) >= 11 is 0.